The maximum atomic E-state index is 13.2. The number of aliphatic carboxylic acids is 1. The lowest BCUT2D eigenvalue weighted by atomic mass is 10.0. The van der Waals surface area contributed by atoms with Crippen molar-refractivity contribution in [3.8, 4) is 0 Å². The number of nitrogens with one attached hydrogen (secondary N) is 3. The molecule has 2 aromatic rings. The van der Waals surface area contributed by atoms with Gasteiger partial charge in [-0.15, -0.1) is 0 Å². The van der Waals surface area contributed by atoms with E-state index in [2.05, 4.69) is 16.0 Å². The number of aryl methyl sites for hydroxylation is 1. The highest BCUT2D eigenvalue weighted by Gasteiger charge is 2.40. The maximum Gasteiger partial charge on any atom is 0.326 e. The first-order chi connectivity index (χ1) is 17.6. The van der Waals surface area contributed by atoms with Gasteiger partial charge in [-0.1, -0.05) is 29.8 Å². The molecule has 2 saturated heterocycles. The van der Waals surface area contributed by atoms with Crippen LogP contribution in [-0.2, 0) is 30.8 Å². The third-order valence-electron chi connectivity index (χ3n) is 6.79. The molecule has 37 heavy (non-hydrogen) atoms. The second kappa shape index (κ2) is 11.4. The number of benzene rings is 2. The lowest BCUT2D eigenvalue weighted by Crippen LogP contribution is -2.51. The van der Waals surface area contributed by atoms with Gasteiger partial charge in [0.1, 0.15) is 12.1 Å². The normalized spacial score (nSPS) is 20.9. The van der Waals surface area contributed by atoms with Gasteiger partial charge in [0.25, 0.3) is 0 Å². The Hall–Kier alpha value is -3.28. The Kier molecular flexibility index (Phi) is 8.25. The molecule has 2 heterocycles. The van der Waals surface area contributed by atoms with Crippen LogP contribution in [0.5, 0.6) is 0 Å². The highest BCUT2D eigenvalue weighted by molar-refractivity contribution is 7.89. The third-order valence-corrected chi connectivity index (χ3v) is 8.71. The van der Waals surface area contributed by atoms with Gasteiger partial charge >= 0.3 is 5.97 Å². The van der Waals surface area contributed by atoms with Gasteiger partial charge in [0, 0.05) is 18.7 Å². The number of carbonyl (C=O) groups is 3. The summed E-state index contributed by atoms with van der Waals surface area (Å²) in [6.07, 6.45) is 2.57. The van der Waals surface area contributed by atoms with E-state index in [1.165, 1.54) is 12.1 Å². The van der Waals surface area contributed by atoms with Crippen LogP contribution >= 0.6 is 0 Å². The van der Waals surface area contributed by atoms with Crippen LogP contribution in [0.1, 0.15) is 36.8 Å². The van der Waals surface area contributed by atoms with Gasteiger partial charge in [-0.2, -0.15) is 4.31 Å². The van der Waals surface area contributed by atoms with E-state index in [0.29, 0.717) is 24.1 Å². The van der Waals surface area contributed by atoms with Crippen LogP contribution in [0, 0.1) is 6.92 Å². The molecular formula is C26H32N4O6S. The molecule has 2 aliphatic heterocycles. The molecule has 0 bridgehead atoms. The first-order valence-electron chi connectivity index (χ1n) is 12.4. The molecule has 4 N–H and O–H groups in total. The van der Waals surface area contributed by atoms with Crippen molar-refractivity contribution in [1.29, 1.82) is 0 Å². The van der Waals surface area contributed by atoms with Gasteiger partial charge in [0.05, 0.1) is 10.9 Å². The number of hydrogen-bond donors (Lipinski definition) is 4. The number of amides is 2. The SMILES string of the molecule is Cc1ccc(S(=O)(=O)N2CCC[C@H]2C(=O)N[C@@H](Cc2ccc(NC(=O)[C@@H]3CCCN3)cc2)C(=O)O)cc1. The molecule has 3 atom stereocenters. The summed E-state index contributed by atoms with van der Waals surface area (Å²) in [7, 11) is -3.90. The fourth-order valence-corrected chi connectivity index (χ4v) is 6.36. The van der Waals surface area contributed by atoms with Gasteiger partial charge in [-0.25, -0.2) is 13.2 Å². The molecule has 0 unspecified atom stereocenters. The molecule has 0 radical (unpaired) electrons. The number of sulfonamides is 1. The van der Waals surface area contributed by atoms with Gasteiger partial charge in [0.15, 0.2) is 0 Å². The molecule has 0 aromatic heterocycles. The Balaban J connectivity index is 1.40. The van der Waals surface area contributed by atoms with Crippen molar-refractivity contribution < 1.29 is 27.9 Å². The molecular weight excluding hydrogens is 496 g/mol. The van der Waals surface area contributed by atoms with Gasteiger partial charge in [-0.3, -0.25) is 9.59 Å². The summed E-state index contributed by atoms with van der Waals surface area (Å²) in [5.41, 5.74) is 2.17. The summed E-state index contributed by atoms with van der Waals surface area (Å²) in [4.78, 5) is 37.4. The number of rotatable bonds is 9. The van der Waals surface area contributed by atoms with E-state index in [0.717, 1.165) is 29.3 Å². The van der Waals surface area contributed by atoms with Crippen LogP contribution in [0.15, 0.2) is 53.4 Å². The van der Waals surface area contributed by atoms with Crippen molar-refractivity contribution in [3.05, 3.63) is 59.7 Å². The monoisotopic (exact) mass is 528 g/mol. The smallest absolute Gasteiger partial charge is 0.326 e. The Bertz CT molecular complexity index is 1240. The largest absolute Gasteiger partial charge is 0.480 e. The predicted molar refractivity (Wildman–Crippen MR) is 137 cm³/mol. The summed E-state index contributed by atoms with van der Waals surface area (Å²) in [5, 5.41) is 18.2. The number of anilines is 1. The Morgan fingerprint density at radius 2 is 1.73 bits per heavy atom. The van der Waals surface area contributed by atoms with E-state index >= 15 is 0 Å². The van der Waals surface area contributed by atoms with Gasteiger partial charge in [0.2, 0.25) is 21.8 Å². The van der Waals surface area contributed by atoms with Crippen LogP contribution in [-0.4, -0.2) is 66.8 Å². The van der Waals surface area contributed by atoms with Crippen LogP contribution in [0.3, 0.4) is 0 Å². The lowest BCUT2D eigenvalue weighted by molar-refractivity contribution is -0.142. The molecule has 11 heteroatoms. The van der Waals surface area contributed by atoms with Crippen LogP contribution in [0.4, 0.5) is 5.69 Å². The first kappa shape index (κ1) is 26.8. The molecule has 4 rings (SSSR count). The number of hydrogen-bond acceptors (Lipinski definition) is 6. The Labute approximate surface area is 216 Å². The van der Waals surface area contributed by atoms with E-state index in [-0.39, 0.29) is 29.8 Å². The number of carboxylic acids is 1. The molecule has 198 valence electrons. The summed E-state index contributed by atoms with van der Waals surface area (Å²) < 4.78 is 27.5. The van der Waals surface area contributed by atoms with E-state index in [1.54, 1.807) is 36.4 Å². The topological polar surface area (TPSA) is 145 Å². The van der Waals surface area contributed by atoms with E-state index in [1.807, 2.05) is 6.92 Å². The summed E-state index contributed by atoms with van der Waals surface area (Å²) >= 11 is 0. The molecule has 2 fully saturated rings. The van der Waals surface area contributed by atoms with Crippen LogP contribution < -0.4 is 16.0 Å². The number of nitrogens with zero attached hydrogens (tertiary/aromatic N) is 1. The molecule has 2 aliphatic rings. The van der Waals surface area contributed by atoms with Crippen molar-refractivity contribution in [2.24, 2.45) is 0 Å². The van der Waals surface area contributed by atoms with E-state index < -0.39 is 34.0 Å². The zero-order valence-corrected chi connectivity index (χ0v) is 21.5. The van der Waals surface area contributed by atoms with Gasteiger partial charge < -0.3 is 21.1 Å². The molecule has 2 amide bonds. The minimum Gasteiger partial charge on any atom is -0.480 e. The lowest BCUT2D eigenvalue weighted by Gasteiger charge is -2.25. The number of carbonyl (C=O) groups excluding carboxylic acids is 2. The van der Waals surface area contributed by atoms with Crippen molar-refractivity contribution in [3.63, 3.8) is 0 Å². The van der Waals surface area contributed by atoms with Crippen molar-refractivity contribution in [2.45, 2.75) is 62.0 Å². The molecule has 0 aliphatic carbocycles. The average Bonchev–Trinajstić information content (AvgIpc) is 3.58. The third kappa shape index (κ3) is 6.35. The van der Waals surface area contributed by atoms with Crippen molar-refractivity contribution >= 4 is 33.5 Å². The first-order valence-corrected chi connectivity index (χ1v) is 13.8. The minimum atomic E-state index is -3.90. The molecule has 2 aromatic carbocycles. The van der Waals surface area contributed by atoms with E-state index in [9.17, 15) is 27.9 Å². The molecule has 0 spiro atoms. The van der Waals surface area contributed by atoms with Crippen LogP contribution in [0.2, 0.25) is 0 Å². The summed E-state index contributed by atoms with van der Waals surface area (Å²) in [5.74, 6) is -1.96. The predicted octanol–water partition coefficient (Wildman–Crippen LogP) is 1.65. The number of carboxylic acid groups (broad SMARTS) is 1. The summed E-state index contributed by atoms with van der Waals surface area (Å²) in [6, 6.07) is 10.8. The highest BCUT2D eigenvalue weighted by Crippen LogP contribution is 2.26. The van der Waals surface area contributed by atoms with Crippen molar-refractivity contribution in [2.75, 3.05) is 18.4 Å². The molecule has 0 saturated carbocycles. The maximum absolute atomic E-state index is 13.2. The second-order valence-corrected chi connectivity index (χ2v) is 11.4. The zero-order chi connectivity index (χ0) is 26.6. The van der Waals surface area contributed by atoms with Crippen molar-refractivity contribution in [1.82, 2.24) is 14.9 Å². The fourth-order valence-electron chi connectivity index (χ4n) is 4.70. The second-order valence-electron chi connectivity index (χ2n) is 9.53. The van der Waals surface area contributed by atoms with Crippen LogP contribution in [0.25, 0.3) is 0 Å². The average molecular weight is 529 g/mol. The zero-order valence-electron chi connectivity index (χ0n) is 20.6. The Morgan fingerprint density at radius 3 is 2.35 bits per heavy atom. The Morgan fingerprint density at radius 1 is 1.03 bits per heavy atom. The molecule has 10 nitrogen and oxygen atoms in total. The fraction of sp³-hybridized carbons (Fsp3) is 0.423. The summed E-state index contributed by atoms with van der Waals surface area (Å²) in [6.45, 7) is 2.86. The quantitative estimate of drug-likeness (QED) is 0.387. The standard InChI is InChI=1S/C26H32N4O6S/c1-17-6-12-20(13-7-17)37(35,36)30-15-3-5-23(30)25(32)29-22(26(33)34)16-18-8-10-19(11-9-18)28-24(31)21-4-2-14-27-21/h6-13,21-23,27H,2-5,14-16H2,1H3,(H,28,31)(H,29,32)(H,33,34)/t21-,22-,23-/m0/s1. The minimum absolute atomic E-state index is 0.0108. The highest BCUT2D eigenvalue weighted by atomic mass is 32.2. The van der Waals surface area contributed by atoms with E-state index in [4.69, 9.17) is 0 Å². The van der Waals surface area contributed by atoms with Gasteiger partial charge in [-0.05, 0) is 69.0 Å².